The fourth-order valence-corrected chi connectivity index (χ4v) is 2.44. The number of nitrogens with one attached hydrogen (secondary N) is 1. The van der Waals surface area contributed by atoms with Crippen molar-refractivity contribution >= 4 is 23.0 Å². The van der Waals surface area contributed by atoms with Crippen LogP contribution >= 0.6 is 12.2 Å². The summed E-state index contributed by atoms with van der Waals surface area (Å²) in [6, 6.07) is 1.91. The van der Waals surface area contributed by atoms with E-state index >= 15 is 0 Å². The quantitative estimate of drug-likeness (QED) is 0.815. The molecule has 4 nitrogen and oxygen atoms in total. The summed E-state index contributed by atoms with van der Waals surface area (Å²) >= 11 is 5.07. The maximum absolute atomic E-state index is 5.74. The maximum Gasteiger partial charge on any atom is 0.136 e. The van der Waals surface area contributed by atoms with Crippen molar-refractivity contribution < 1.29 is 4.74 Å². The third-order valence-electron chi connectivity index (χ3n) is 3.18. The summed E-state index contributed by atoms with van der Waals surface area (Å²) in [5.41, 5.74) is 7.63. The smallest absolute Gasteiger partial charge is 0.136 e. The Morgan fingerprint density at radius 3 is 3.11 bits per heavy atom. The lowest BCUT2D eigenvalue weighted by Crippen LogP contribution is -2.28. The van der Waals surface area contributed by atoms with Crippen LogP contribution in [0.15, 0.2) is 12.3 Å². The maximum atomic E-state index is 5.74. The fraction of sp³-hybridized carbons (Fsp3) is 0.538. The van der Waals surface area contributed by atoms with E-state index in [2.05, 4.69) is 10.3 Å². The number of anilines is 1. The van der Waals surface area contributed by atoms with E-state index in [1.54, 1.807) is 6.20 Å². The van der Waals surface area contributed by atoms with E-state index in [0.717, 1.165) is 42.9 Å². The molecule has 0 aliphatic carbocycles. The highest BCUT2D eigenvalue weighted by molar-refractivity contribution is 7.80. The Morgan fingerprint density at radius 2 is 2.44 bits per heavy atom. The normalized spacial score (nSPS) is 19.5. The van der Waals surface area contributed by atoms with Crippen LogP contribution in [0.1, 0.15) is 30.4 Å². The topological polar surface area (TPSA) is 60.2 Å². The van der Waals surface area contributed by atoms with Crippen molar-refractivity contribution in [1.29, 1.82) is 0 Å². The first kappa shape index (κ1) is 13.2. The van der Waals surface area contributed by atoms with Gasteiger partial charge in [-0.3, -0.25) is 0 Å². The Morgan fingerprint density at radius 1 is 1.61 bits per heavy atom. The predicted octanol–water partition coefficient (Wildman–Crippen LogP) is 2.01. The van der Waals surface area contributed by atoms with Gasteiger partial charge in [0.15, 0.2) is 0 Å². The van der Waals surface area contributed by atoms with Gasteiger partial charge in [-0.25, -0.2) is 4.98 Å². The highest BCUT2D eigenvalue weighted by Gasteiger charge is 2.15. The van der Waals surface area contributed by atoms with Crippen LogP contribution in [-0.2, 0) is 4.74 Å². The molecule has 1 aromatic rings. The van der Waals surface area contributed by atoms with Gasteiger partial charge in [0.25, 0.3) is 0 Å². The van der Waals surface area contributed by atoms with Gasteiger partial charge in [-0.1, -0.05) is 12.2 Å². The van der Waals surface area contributed by atoms with Gasteiger partial charge in [0, 0.05) is 19.3 Å². The Labute approximate surface area is 113 Å². The zero-order valence-corrected chi connectivity index (χ0v) is 11.4. The van der Waals surface area contributed by atoms with E-state index < -0.39 is 0 Å². The molecule has 18 heavy (non-hydrogen) atoms. The minimum absolute atomic E-state index is 0.264. The molecule has 0 radical (unpaired) electrons. The van der Waals surface area contributed by atoms with Gasteiger partial charge in [0.2, 0.25) is 0 Å². The van der Waals surface area contributed by atoms with Crippen molar-refractivity contribution in [3.8, 4) is 0 Å². The Bertz CT molecular complexity index is 430. The number of aromatic nitrogens is 1. The number of nitrogens with two attached hydrogens (primary N) is 1. The molecule has 1 aromatic heterocycles. The largest absolute Gasteiger partial charge is 0.389 e. The Hall–Kier alpha value is -1.20. The van der Waals surface area contributed by atoms with Crippen molar-refractivity contribution in [1.82, 2.24) is 4.98 Å². The molecule has 0 spiro atoms. The lowest BCUT2D eigenvalue weighted by atomic mass is 10.1. The van der Waals surface area contributed by atoms with E-state index in [4.69, 9.17) is 22.7 Å². The van der Waals surface area contributed by atoms with Crippen LogP contribution in [-0.4, -0.2) is 29.2 Å². The molecule has 2 rings (SSSR count). The molecule has 1 unspecified atom stereocenters. The number of hydrogen-bond acceptors (Lipinski definition) is 4. The molecule has 1 aliphatic rings. The van der Waals surface area contributed by atoms with Crippen LogP contribution in [0, 0.1) is 6.92 Å². The van der Waals surface area contributed by atoms with Gasteiger partial charge in [-0.05, 0) is 37.8 Å². The molecule has 98 valence electrons. The number of rotatable bonds is 4. The molecule has 0 saturated carbocycles. The van der Waals surface area contributed by atoms with E-state index in [-0.39, 0.29) is 6.10 Å². The number of thiocarbonyl (C=S) groups is 1. The van der Waals surface area contributed by atoms with Crippen molar-refractivity contribution in [2.75, 3.05) is 18.5 Å². The molecule has 1 aliphatic heterocycles. The summed E-state index contributed by atoms with van der Waals surface area (Å²) in [7, 11) is 0. The fourth-order valence-electron chi connectivity index (χ4n) is 2.18. The molecule has 1 saturated heterocycles. The average molecular weight is 265 g/mol. The van der Waals surface area contributed by atoms with Crippen LogP contribution in [0.2, 0.25) is 0 Å². The van der Waals surface area contributed by atoms with Crippen LogP contribution in [0.5, 0.6) is 0 Å². The zero-order valence-electron chi connectivity index (χ0n) is 10.6. The molecule has 1 atom stereocenters. The second-order valence-electron chi connectivity index (χ2n) is 4.59. The van der Waals surface area contributed by atoms with Gasteiger partial charge in [0.1, 0.15) is 10.8 Å². The highest BCUT2D eigenvalue weighted by Crippen LogP contribution is 2.18. The minimum atomic E-state index is 0.264. The van der Waals surface area contributed by atoms with Crippen LogP contribution in [0.25, 0.3) is 0 Å². The van der Waals surface area contributed by atoms with E-state index in [0.29, 0.717) is 4.99 Å². The predicted molar refractivity (Wildman–Crippen MR) is 76.9 cm³/mol. The first-order valence-electron chi connectivity index (χ1n) is 6.29. The summed E-state index contributed by atoms with van der Waals surface area (Å²) in [5, 5.41) is 3.30. The first-order chi connectivity index (χ1) is 8.68. The van der Waals surface area contributed by atoms with Crippen LogP contribution in [0.4, 0.5) is 5.82 Å². The molecular formula is C13H19N3OS. The number of aryl methyl sites for hydroxylation is 1. The Kier molecular flexibility index (Phi) is 4.49. The van der Waals surface area contributed by atoms with Gasteiger partial charge in [-0.2, -0.15) is 0 Å². The molecular weight excluding hydrogens is 246 g/mol. The zero-order chi connectivity index (χ0) is 13.0. The lowest BCUT2D eigenvalue weighted by Gasteiger charge is -2.23. The third-order valence-corrected chi connectivity index (χ3v) is 3.38. The van der Waals surface area contributed by atoms with Crippen molar-refractivity contribution in [2.24, 2.45) is 5.73 Å². The number of nitrogens with zero attached hydrogens (tertiary/aromatic N) is 1. The Balaban J connectivity index is 2.04. The molecule has 0 amide bonds. The van der Waals surface area contributed by atoms with Gasteiger partial charge in [-0.15, -0.1) is 0 Å². The molecule has 0 bridgehead atoms. The number of ether oxygens (including phenoxy) is 1. The van der Waals surface area contributed by atoms with Crippen molar-refractivity contribution in [3.63, 3.8) is 0 Å². The van der Waals surface area contributed by atoms with Crippen LogP contribution in [0.3, 0.4) is 0 Å². The lowest BCUT2D eigenvalue weighted by molar-refractivity contribution is 0.0247. The second-order valence-corrected chi connectivity index (χ2v) is 5.03. The van der Waals surface area contributed by atoms with E-state index in [9.17, 15) is 0 Å². The van der Waals surface area contributed by atoms with Gasteiger partial charge in [0.05, 0.1) is 11.7 Å². The number of hydrogen-bond donors (Lipinski definition) is 2. The average Bonchev–Trinajstić information content (AvgIpc) is 2.37. The molecule has 5 heteroatoms. The standard InChI is InChI=1S/C13H19N3OS/c1-9-5-6-15-13(11(9)12(14)18)16-8-10-4-2-3-7-17-10/h5-6,10H,2-4,7-8H2,1H3,(H2,14,18)(H,15,16). The summed E-state index contributed by atoms with van der Waals surface area (Å²) in [5.74, 6) is 0.761. The summed E-state index contributed by atoms with van der Waals surface area (Å²) in [6.45, 7) is 3.60. The SMILES string of the molecule is Cc1ccnc(NCC2CCCCO2)c1C(N)=S. The summed E-state index contributed by atoms with van der Waals surface area (Å²) in [6.07, 6.45) is 5.52. The van der Waals surface area contributed by atoms with E-state index in [1.165, 1.54) is 6.42 Å². The first-order valence-corrected chi connectivity index (χ1v) is 6.70. The van der Waals surface area contributed by atoms with Gasteiger partial charge >= 0.3 is 0 Å². The molecule has 2 heterocycles. The second kappa shape index (κ2) is 6.11. The third kappa shape index (κ3) is 3.17. The van der Waals surface area contributed by atoms with Crippen molar-refractivity contribution in [2.45, 2.75) is 32.3 Å². The number of pyridine rings is 1. The highest BCUT2D eigenvalue weighted by atomic mass is 32.1. The monoisotopic (exact) mass is 265 g/mol. The molecule has 1 fully saturated rings. The van der Waals surface area contributed by atoms with E-state index in [1.807, 2.05) is 13.0 Å². The summed E-state index contributed by atoms with van der Waals surface area (Å²) < 4.78 is 5.68. The summed E-state index contributed by atoms with van der Waals surface area (Å²) in [4.78, 5) is 4.69. The van der Waals surface area contributed by atoms with Crippen molar-refractivity contribution in [3.05, 3.63) is 23.4 Å². The molecule has 3 N–H and O–H groups in total. The minimum Gasteiger partial charge on any atom is -0.389 e. The van der Waals surface area contributed by atoms with Gasteiger partial charge < -0.3 is 15.8 Å². The molecule has 0 aromatic carbocycles. The van der Waals surface area contributed by atoms with Crippen LogP contribution < -0.4 is 11.1 Å².